The molecule has 11 rings (SSSR count). The molecule has 3 aromatic heterocycles. The number of hydrogen-bond acceptors (Lipinski definition) is 3. The predicted octanol–water partition coefficient (Wildman–Crippen LogP) is 12.0. The Balaban J connectivity index is 1.09. The maximum Gasteiger partial charge on any atom is 0.114 e. The normalized spacial score (nSPS) is 20.2. The van der Waals surface area contributed by atoms with E-state index >= 15 is 0 Å². The Kier molecular flexibility index (Phi) is 7.35. The van der Waals surface area contributed by atoms with Crippen molar-refractivity contribution in [2.75, 3.05) is 0 Å². The molecule has 0 saturated carbocycles. The average Bonchev–Trinajstić information content (AvgIpc) is 3.88. The fourth-order valence-corrected chi connectivity index (χ4v) is 11.3. The van der Waals surface area contributed by atoms with E-state index in [1.807, 2.05) is 11.3 Å². The van der Waals surface area contributed by atoms with E-state index in [9.17, 15) is 0 Å². The zero-order valence-corrected chi connectivity index (χ0v) is 30.6. The Morgan fingerprint density at radius 3 is 2.42 bits per heavy atom. The summed E-state index contributed by atoms with van der Waals surface area (Å²) in [6.07, 6.45) is 34.2. The Morgan fingerprint density at radius 2 is 1.52 bits per heavy atom. The largest absolute Gasteiger partial charge is 0.465 e. The summed E-state index contributed by atoms with van der Waals surface area (Å²) in [7, 11) is 0. The molecule has 0 spiro atoms. The number of rotatable bonds is 5. The summed E-state index contributed by atoms with van der Waals surface area (Å²) < 4.78 is 10.7. The van der Waals surface area contributed by atoms with Crippen LogP contribution >= 0.6 is 11.3 Å². The molecule has 258 valence electrons. The van der Waals surface area contributed by atoms with Crippen LogP contribution < -0.4 is 0 Å². The van der Waals surface area contributed by atoms with Crippen LogP contribution in [0.1, 0.15) is 101 Å². The summed E-state index contributed by atoms with van der Waals surface area (Å²) in [5.41, 5.74) is 17.1. The molecule has 6 aliphatic rings. The van der Waals surface area contributed by atoms with Gasteiger partial charge in [-0.25, -0.2) is 0 Å². The highest BCUT2D eigenvalue weighted by Gasteiger charge is 2.38. The third kappa shape index (κ3) is 4.83. The molecule has 52 heavy (non-hydrogen) atoms. The first-order valence-electron chi connectivity index (χ1n) is 19.7. The highest BCUT2D eigenvalue weighted by atomic mass is 32.1. The summed E-state index contributed by atoms with van der Waals surface area (Å²) in [6.45, 7) is 0. The SMILES string of the molecule is C1=CC(C2=Cc3c(c4c(n3-c3ccccc3)C=CC(N(C3=CCCc5oc6c(c53)CCCC6)C3=CCCc5sc6ccccc6c53)C4)CC2)=CCC1. The van der Waals surface area contributed by atoms with Crippen LogP contribution in [0.5, 0.6) is 0 Å². The van der Waals surface area contributed by atoms with Crippen molar-refractivity contribution in [2.24, 2.45) is 0 Å². The van der Waals surface area contributed by atoms with Gasteiger partial charge in [-0.2, -0.15) is 0 Å². The Labute approximate surface area is 310 Å². The lowest BCUT2D eigenvalue weighted by atomic mass is 9.84. The zero-order valence-electron chi connectivity index (χ0n) is 29.8. The zero-order chi connectivity index (χ0) is 34.2. The van der Waals surface area contributed by atoms with E-state index < -0.39 is 0 Å². The maximum absolute atomic E-state index is 6.73. The molecule has 1 unspecified atom stereocenters. The minimum absolute atomic E-state index is 0.194. The molecule has 0 bridgehead atoms. The lowest BCUT2D eigenvalue weighted by Gasteiger charge is -2.40. The predicted molar refractivity (Wildman–Crippen MR) is 217 cm³/mol. The van der Waals surface area contributed by atoms with Crippen molar-refractivity contribution in [1.29, 1.82) is 0 Å². The van der Waals surface area contributed by atoms with E-state index in [1.54, 1.807) is 0 Å². The lowest BCUT2D eigenvalue weighted by molar-refractivity contribution is 0.434. The first-order chi connectivity index (χ1) is 25.8. The van der Waals surface area contributed by atoms with Crippen LogP contribution in [-0.4, -0.2) is 15.5 Å². The quantitative estimate of drug-likeness (QED) is 0.182. The van der Waals surface area contributed by atoms with Gasteiger partial charge in [0, 0.05) is 73.0 Å². The van der Waals surface area contributed by atoms with Gasteiger partial charge in [-0.15, -0.1) is 11.3 Å². The van der Waals surface area contributed by atoms with Gasteiger partial charge >= 0.3 is 0 Å². The minimum Gasteiger partial charge on any atom is -0.465 e. The Morgan fingerprint density at radius 1 is 0.673 bits per heavy atom. The topological polar surface area (TPSA) is 21.3 Å². The van der Waals surface area contributed by atoms with Crippen LogP contribution in [0.3, 0.4) is 0 Å². The molecular formula is C48H44N2OS. The van der Waals surface area contributed by atoms with E-state index in [0.29, 0.717) is 0 Å². The summed E-state index contributed by atoms with van der Waals surface area (Å²) in [6, 6.07) is 20.3. The van der Waals surface area contributed by atoms with E-state index in [-0.39, 0.29) is 6.04 Å². The Hall–Kier alpha value is -4.80. The van der Waals surface area contributed by atoms with Crippen molar-refractivity contribution < 1.29 is 4.42 Å². The molecule has 3 heterocycles. The monoisotopic (exact) mass is 696 g/mol. The van der Waals surface area contributed by atoms with Gasteiger partial charge < -0.3 is 13.9 Å². The summed E-state index contributed by atoms with van der Waals surface area (Å²) >= 11 is 2.00. The van der Waals surface area contributed by atoms with Gasteiger partial charge in [0.25, 0.3) is 0 Å². The summed E-state index contributed by atoms with van der Waals surface area (Å²) in [4.78, 5) is 4.32. The van der Waals surface area contributed by atoms with E-state index in [1.165, 1.54) is 107 Å². The number of thiophene rings is 1. The molecule has 0 fully saturated rings. The molecule has 6 aliphatic carbocycles. The van der Waals surface area contributed by atoms with Gasteiger partial charge in [0.15, 0.2) is 0 Å². The maximum atomic E-state index is 6.73. The van der Waals surface area contributed by atoms with Gasteiger partial charge in [-0.05, 0) is 123 Å². The average molecular weight is 697 g/mol. The lowest BCUT2D eigenvalue weighted by Crippen LogP contribution is -2.36. The molecule has 5 aromatic rings. The molecule has 0 aliphatic heterocycles. The third-order valence-electron chi connectivity index (χ3n) is 12.4. The molecule has 0 amide bonds. The van der Waals surface area contributed by atoms with E-state index in [0.717, 1.165) is 70.6 Å². The van der Waals surface area contributed by atoms with Crippen molar-refractivity contribution >= 4 is 45.0 Å². The van der Waals surface area contributed by atoms with Gasteiger partial charge in [-0.1, -0.05) is 72.9 Å². The fourth-order valence-electron chi connectivity index (χ4n) is 10.1. The second kappa shape index (κ2) is 12.4. The fraction of sp³-hybridized carbons (Fsp3) is 0.292. The number of hydrogen-bond donors (Lipinski definition) is 0. The van der Waals surface area contributed by atoms with Crippen LogP contribution in [0.4, 0.5) is 0 Å². The van der Waals surface area contributed by atoms with Crippen LogP contribution in [-0.2, 0) is 38.5 Å². The summed E-state index contributed by atoms with van der Waals surface area (Å²) in [5, 5.41) is 1.40. The van der Waals surface area contributed by atoms with Crippen LogP contribution in [0.25, 0.3) is 39.3 Å². The van der Waals surface area contributed by atoms with Gasteiger partial charge in [-0.3, -0.25) is 0 Å². The molecule has 3 nitrogen and oxygen atoms in total. The third-order valence-corrected chi connectivity index (χ3v) is 13.6. The van der Waals surface area contributed by atoms with Gasteiger partial charge in [0.1, 0.15) is 11.5 Å². The van der Waals surface area contributed by atoms with E-state index in [2.05, 4.69) is 113 Å². The molecule has 1 atom stereocenters. The van der Waals surface area contributed by atoms with Crippen molar-refractivity contribution in [3.63, 3.8) is 0 Å². The first-order valence-corrected chi connectivity index (χ1v) is 20.5. The number of aryl methyl sites for hydroxylation is 3. The van der Waals surface area contributed by atoms with Crippen molar-refractivity contribution in [1.82, 2.24) is 9.47 Å². The van der Waals surface area contributed by atoms with Crippen LogP contribution in [0.15, 0.2) is 107 Å². The van der Waals surface area contributed by atoms with E-state index in [4.69, 9.17) is 4.42 Å². The highest BCUT2D eigenvalue weighted by molar-refractivity contribution is 7.19. The van der Waals surface area contributed by atoms with Crippen molar-refractivity contribution in [3.05, 3.63) is 158 Å². The molecule has 0 saturated heterocycles. The second-order valence-corrected chi connectivity index (χ2v) is 16.5. The number of nitrogens with zero attached hydrogens (tertiary/aromatic N) is 2. The summed E-state index contributed by atoms with van der Waals surface area (Å²) in [5.74, 6) is 2.47. The number of furan rings is 1. The van der Waals surface area contributed by atoms with Crippen LogP contribution in [0.2, 0.25) is 0 Å². The van der Waals surface area contributed by atoms with Crippen LogP contribution in [0, 0.1) is 0 Å². The molecular weight excluding hydrogens is 653 g/mol. The Bertz CT molecular complexity index is 2450. The smallest absolute Gasteiger partial charge is 0.114 e. The second-order valence-electron chi connectivity index (χ2n) is 15.4. The number of benzene rings is 2. The number of para-hydroxylation sites is 1. The molecule has 2 aromatic carbocycles. The molecule has 0 radical (unpaired) electrons. The number of fused-ring (bicyclic) bond motifs is 9. The van der Waals surface area contributed by atoms with Gasteiger partial charge in [0.05, 0.1) is 6.04 Å². The first kappa shape index (κ1) is 30.8. The van der Waals surface area contributed by atoms with Gasteiger partial charge in [0.2, 0.25) is 0 Å². The number of aromatic nitrogens is 1. The standard InChI is InChI=1S/C48H44N2OS/c1-3-13-31(14-4-1)32-25-27-35-38-30-34(26-28-39(38)49(42(35)29-32)33-15-5-2-6-16-33)50(40-19-11-22-44-47(40)36-17-7-9-21-43(36)51-44)41-20-12-24-46-48(41)37-18-8-10-23-45(37)52-46/h2-3,5-6,8,10,13-16,18-20,23,26,28-29,34H,1,4,7,9,11-12,17,21-22,24-25,27,30H2. The number of allylic oxidation sites excluding steroid dienone is 7. The highest BCUT2D eigenvalue weighted by Crippen LogP contribution is 2.49. The van der Waals surface area contributed by atoms with Crippen molar-refractivity contribution in [3.8, 4) is 5.69 Å². The minimum atomic E-state index is 0.194. The molecule has 4 heteroatoms. The van der Waals surface area contributed by atoms with Crippen molar-refractivity contribution in [2.45, 2.75) is 89.5 Å². The molecule has 0 N–H and O–H groups in total.